The second-order valence-electron chi connectivity index (χ2n) is 4.41. The van der Waals surface area contributed by atoms with Crippen LogP contribution in [-0.2, 0) is 0 Å². The van der Waals surface area contributed by atoms with Gasteiger partial charge >= 0.3 is 0 Å². The molecule has 3 rings (SSSR count). The first-order valence-electron chi connectivity index (χ1n) is 4.32. The smallest absolute Gasteiger partial charge is 0.0148 e. The Morgan fingerprint density at radius 2 is 2.20 bits per heavy atom. The molecule has 0 saturated heterocycles. The van der Waals surface area contributed by atoms with E-state index >= 15 is 0 Å². The number of hydrogen-bond acceptors (Lipinski definition) is 0. The second-order valence-corrected chi connectivity index (χ2v) is 4.41. The van der Waals surface area contributed by atoms with Crippen LogP contribution in [0.25, 0.3) is 0 Å². The average molecular weight is 136 g/mol. The molecule has 56 valence electrons. The lowest BCUT2D eigenvalue weighted by atomic mass is 9.46. The van der Waals surface area contributed by atoms with Crippen molar-refractivity contribution in [3.63, 3.8) is 0 Å². The highest BCUT2D eigenvalue weighted by atomic mass is 14.6. The lowest BCUT2D eigenvalue weighted by Crippen LogP contribution is -2.50. The molecule has 0 heteroatoms. The maximum absolute atomic E-state index is 2.48. The first-order chi connectivity index (χ1) is 4.62. The molecule has 3 fully saturated rings. The van der Waals surface area contributed by atoms with E-state index in [1.807, 2.05) is 0 Å². The number of hydrogen-bond donors (Lipinski definition) is 0. The van der Waals surface area contributed by atoms with Gasteiger partial charge in [0.15, 0.2) is 0 Å². The quantitative estimate of drug-likeness (QED) is 0.480. The largest absolute Gasteiger partial charge is 0.0617 e. The van der Waals surface area contributed by atoms with Gasteiger partial charge in [-0.05, 0) is 42.4 Å². The lowest BCUT2D eigenvalue weighted by molar-refractivity contribution is 0.0543. The Hall–Kier alpha value is 0. The van der Waals surface area contributed by atoms with E-state index in [0.717, 1.165) is 11.8 Å². The minimum atomic E-state index is 0.591. The monoisotopic (exact) mass is 136 g/mol. The molecule has 0 aromatic carbocycles. The van der Waals surface area contributed by atoms with Crippen molar-refractivity contribution in [1.29, 1.82) is 0 Å². The predicted molar refractivity (Wildman–Crippen MR) is 43.2 cm³/mol. The van der Waals surface area contributed by atoms with Gasteiger partial charge in [-0.3, -0.25) is 0 Å². The van der Waals surface area contributed by atoms with Crippen LogP contribution in [0, 0.1) is 29.6 Å². The summed E-state index contributed by atoms with van der Waals surface area (Å²) in [6.07, 6.45) is 5.26. The molecule has 2 unspecified atom stereocenters. The predicted octanol–water partition coefficient (Wildman–Crippen LogP) is 2.85. The van der Waals surface area contributed by atoms with E-state index in [1.165, 1.54) is 12.8 Å². The molecule has 0 nitrogen and oxygen atoms in total. The molecule has 2 bridgehead atoms. The summed E-state index contributed by atoms with van der Waals surface area (Å²) in [5.74, 6) is 3.59. The van der Waals surface area contributed by atoms with Gasteiger partial charge in [-0.25, -0.2) is 0 Å². The van der Waals surface area contributed by atoms with Crippen LogP contribution in [0.4, 0.5) is 0 Å². The fourth-order valence-electron chi connectivity index (χ4n) is 2.58. The molecular formula is C10H16. The molecule has 10 heavy (non-hydrogen) atoms. The van der Waals surface area contributed by atoms with Crippen molar-refractivity contribution in [1.82, 2.24) is 0 Å². The van der Waals surface area contributed by atoms with Crippen molar-refractivity contribution in [2.75, 3.05) is 0 Å². The summed E-state index contributed by atoms with van der Waals surface area (Å²) < 4.78 is 0. The van der Waals surface area contributed by atoms with Crippen LogP contribution in [-0.4, -0.2) is 0 Å². The van der Waals surface area contributed by atoms with Gasteiger partial charge in [-0.2, -0.15) is 0 Å². The first kappa shape index (κ1) is 6.69. The van der Waals surface area contributed by atoms with E-state index in [2.05, 4.69) is 27.2 Å². The molecule has 0 aliphatic heterocycles. The number of rotatable bonds is 0. The Labute approximate surface area is 64.0 Å². The third-order valence-corrected chi connectivity index (χ3v) is 3.64. The van der Waals surface area contributed by atoms with Gasteiger partial charge in [0.1, 0.15) is 0 Å². The summed E-state index contributed by atoms with van der Waals surface area (Å²) in [6.45, 7) is 7.15. The Bertz CT molecular complexity index is 144. The number of fused-ring (bicyclic) bond motifs is 2. The Morgan fingerprint density at radius 3 is 2.50 bits per heavy atom. The highest BCUT2D eigenvalue weighted by Crippen LogP contribution is 2.62. The van der Waals surface area contributed by atoms with Crippen LogP contribution in [0.2, 0.25) is 0 Å². The van der Waals surface area contributed by atoms with Crippen molar-refractivity contribution in [3.8, 4) is 0 Å². The minimum Gasteiger partial charge on any atom is -0.0617 e. The summed E-state index contributed by atoms with van der Waals surface area (Å²) in [7, 11) is 0. The summed E-state index contributed by atoms with van der Waals surface area (Å²) in [5.41, 5.74) is 0.591. The van der Waals surface area contributed by atoms with Crippen molar-refractivity contribution in [2.45, 2.75) is 33.6 Å². The van der Waals surface area contributed by atoms with Crippen molar-refractivity contribution in [2.24, 2.45) is 17.3 Å². The minimum absolute atomic E-state index is 0.591. The Balaban J connectivity index is 2.16. The van der Waals surface area contributed by atoms with Gasteiger partial charge in [0.05, 0.1) is 0 Å². The van der Waals surface area contributed by atoms with E-state index < -0.39 is 0 Å². The topological polar surface area (TPSA) is 0 Å². The molecule has 2 radical (unpaired) electrons. The molecule has 0 N–H and O–H groups in total. The SMILES string of the molecule is CC1[CH]CC2C[C]1C2(C)C. The summed E-state index contributed by atoms with van der Waals surface area (Å²) in [5, 5.41) is 0. The van der Waals surface area contributed by atoms with Crippen molar-refractivity contribution < 1.29 is 0 Å². The van der Waals surface area contributed by atoms with Gasteiger partial charge in [0, 0.05) is 0 Å². The zero-order valence-electron chi connectivity index (χ0n) is 7.15. The van der Waals surface area contributed by atoms with Gasteiger partial charge < -0.3 is 0 Å². The Kier molecular flexibility index (Phi) is 1.19. The van der Waals surface area contributed by atoms with E-state index in [-0.39, 0.29) is 0 Å². The van der Waals surface area contributed by atoms with E-state index in [9.17, 15) is 0 Å². The first-order valence-corrected chi connectivity index (χ1v) is 4.32. The summed E-state index contributed by atoms with van der Waals surface area (Å²) in [4.78, 5) is 0. The molecule has 3 saturated carbocycles. The van der Waals surface area contributed by atoms with Crippen LogP contribution in [0.15, 0.2) is 0 Å². The fraction of sp³-hybridized carbons (Fsp3) is 0.800. The van der Waals surface area contributed by atoms with Gasteiger partial charge in [-0.1, -0.05) is 20.8 Å². The molecule has 3 aliphatic carbocycles. The summed E-state index contributed by atoms with van der Waals surface area (Å²) >= 11 is 0. The Morgan fingerprint density at radius 1 is 1.50 bits per heavy atom. The van der Waals surface area contributed by atoms with Crippen molar-refractivity contribution in [3.05, 3.63) is 12.3 Å². The molecule has 0 heterocycles. The third-order valence-electron chi connectivity index (χ3n) is 3.64. The zero-order valence-corrected chi connectivity index (χ0v) is 7.15. The van der Waals surface area contributed by atoms with Gasteiger partial charge in [-0.15, -0.1) is 0 Å². The molecular weight excluding hydrogens is 120 g/mol. The standard InChI is InChI=1S/C10H16/c1-7-4-5-8-6-9(7)10(8,2)3/h4,7-8H,5-6H2,1-3H3. The van der Waals surface area contributed by atoms with Crippen LogP contribution in [0.5, 0.6) is 0 Å². The van der Waals surface area contributed by atoms with Crippen LogP contribution < -0.4 is 0 Å². The maximum atomic E-state index is 2.48. The lowest BCUT2D eigenvalue weighted by Gasteiger charge is -2.59. The molecule has 0 aromatic heterocycles. The molecule has 2 atom stereocenters. The normalized spacial score (nSPS) is 44.7. The summed E-state index contributed by atoms with van der Waals surface area (Å²) in [6, 6.07) is 0. The van der Waals surface area contributed by atoms with Crippen LogP contribution in [0.3, 0.4) is 0 Å². The molecule has 0 amide bonds. The maximum Gasteiger partial charge on any atom is -0.0148 e. The van der Waals surface area contributed by atoms with Crippen LogP contribution >= 0.6 is 0 Å². The third kappa shape index (κ3) is 0.627. The van der Waals surface area contributed by atoms with E-state index in [4.69, 9.17) is 0 Å². The molecule has 0 spiro atoms. The fourth-order valence-corrected chi connectivity index (χ4v) is 2.58. The van der Waals surface area contributed by atoms with Crippen molar-refractivity contribution >= 4 is 0 Å². The average Bonchev–Trinajstić information content (AvgIpc) is 1.87. The van der Waals surface area contributed by atoms with Gasteiger partial charge in [0.2, 0.25) is 0 Å². The molecule has 3 aliphatic rings. The zero-order chi connectivity index (χ0) is 7.35. The van der Waals surface area contributed by atoms with Gasteiger partial charge in [0.25, 0.3) is 0 Å². The second kappa shape index (κ2) is 1.78. The highest BCUT2D eigenvalue weighted by molar-refractivity contribution is 5.25. The van der Waals surface area contributed by atoms with E-state index in [1.54, 1.807) is 5.92 Å². The molecule has 0 aromatic rings. The van der Waals surface area contributed by atoms with Crippen LogP contribution in [0.1, 0.15) is 33.6 Å². The highest BCUT2D eigenvalue weighted by Gasteiger charge is 2.53. The van der Waals surface area contributed by atoms with E-state index in [0.29, 0.717) is 5.41 Å².